The number of guanidine groups is 1. The van der Waals surface area contributed by atoms with E-state index in [2.05, 4.69) is 9.98 Å². The molecule has 0 aliphatic carbocycles. The van der Waals surface area contributed by atoms with Crippen molar-refractivity contribution in [2.45, 2.75) is 18.9 Å². The summed E-state index contributed by atoms with van der Waals surface area (Å²) in [6.07, 6.45) is 2.63. The standard InChI is InChI=1S/C9H15N5O2S/c10-6(2-1-3-13-8(11)12)7(15)16-9-14-4-5-17-9/h4-6H,1-3,10H2,(H4,11,12,13)/t6-/m0/s1. The number of carbonyl (C=O) groups is 1. The van der Waals surface area contributed by atoms with Crippen LogP contribution in [0.1, 0.15) is 12.8 Å². The van der Waals surface area contributed by atoms with E-state index in [0.717, 1.165) is 0 Å². The average Bonchev–Trinajstić information content (AvgIpc) is 2.76. The molecule has 17 heavy (non-hydrogen) atoms. The van der Waals surface area contributed by atoms with Crippen molar-refractivity contribution in [2.24, 2.45) is 22.2 Å². The second-order valence-corrected chi connectivity index (χ2v) is 4.13. The molecule has 6 N–H and O–H groups in total. The van der Waals surface area contributed by atoms with Crippen molar-refractivity contribution in [1.82, 2.24) is 4.98 Å². The predicted octanol–water partition coefficient (Wildman–Crippen LogP) is -0.571. The van der Waals surface area contributed by atoms with E-state index in [0.29, 0.717) is 24.6 Å². The fourth-order valence-corrected chi connectivity index (χ4v) is 1.55. The van der Waals surface area contributed by atoms with Gasteiger partial charge >= 0.3 is 5.97 Å². The normalized spacial score (nSPS) is 11.8. The molecule has 0 bridgehead atoms. The molecule has 0 aromatic carbocycles. The van der Waals surface area contributed by atoms with Crippen LogP contribution in [0.15, 0.2) is 16.6 Å². The van der Waals surface area contributed by atoms with Gasteiger partial charge in [0.15, 0.2) is 5.96 Å². The highest BCUT2D eigenvalue weighted by atomic mass is 32.1. The van der Waals surface area contributed by atoms with E-state index >= 15 is 0 Å². The number of nitrogens with two attached hydrogens (primary N) is 3. The number of thiazole rings is 1. The third-order valence-corrected chi connectivity index (χ3v) is 2.52. The topological polar surface area (TPSA) is 130 Å². The number of nitrogens with zero attached hydrogens (tertiary/aromatic N) is 2. The molecule has 0 saturated heterocycles. The van der Waals surface area contributed by atoms with E-state index in [4.69, 9.17) is 21.9 Å². The average molecular weight is 257 g/mol. The number of hydrogen-bond acceptors (Lipinski definition) is 6. The van der Waals surface area contributed by atoms with Crippen LogP contribution in [0.4, 0.5) is 0 Å². The van der Waals surface area contributed by atoms with Crippen LogP contribution in [-0.4, -0.2) is 29.5 Å². The second kappa shape index (κ2) is 6.81. The summed E-state index contributed by atoms with van der Waals surface area (Å²) < 4.78 is 4.95. The van der Waals surface area contributed by atoms with Gasteiger partial charge < -0.3 is 21.9 Å². The van der Waals surface area contributed by atoms with E-state index < -0.39 is 12.0 Å². The fraction of sp³-hybridized carbons (Fsp3) is 0.444. The van der Waals surface area contributed by atoms with Gasteiger partial charge in [-0.1, -0.05) is 11.3 Å². The molecule has 0 unspecified atom stereocenters. The zero-order chi connectivity index (χ0) is 12.7. The van der Waals surface area contributed by atoms with Crippen molar-refractivity contribution >= 4 is 23.3 Å². The minimum absolute atomic E-state index is 0.0314. The zero-order valence-corrected chi connectivity index (χ0v) is 10.0. The molecule has 0 spiro atoms. The molecule has 1 rings (SSSR count). The Hall–Kier alpha value is -1.67. The number of carbonyl (C=O) groups excluding carboxylic acids is 1. The van der Waals surface area contributed by atoms with Crippen molar-refractivity contribution < 1.29 is 9.53 Å². The van der Waals surface area contributed by atoms with Gasteiger partial charge in [0.05, 0.1) is 0 Å². The summed E-state index contributed by atoms with van der Waals surface area (Å²) >= 11 is 1.24. The number of rotatable bonds is 6. The van der Waals surface area contributed by atoms with Crippen molar-refractivity contribution in [3.63, 3.8) is 0 Å². The van der Waals surface area contributed by atoms with Crippen LogP contribution in [-0.2, 0) is 4.79 Å². The molecule has 1 aromatic rings. The summed E-state index contributed by atoms with van der Waals surface area (Å²) in [5, 5.41) is 2.02. The molecule has 1 aromatic heterocycles. The molecule has 0 aliphatic heterocycles. The lowest BCUT2D eigenvalue weighted by Crippen LogP contribution is -2.34. The van der Waals surface area contributed by atoms with Crippen LogP contribution in [0, 0.1) is 0 Å². The van der Waals surface area contributed by atoms with Gasteiger partial charge in [-0.25, -0.2) is 9.78 Å². The molecular formula is C9H15N5O2S. The van der Waals surface area contributed by atoms with Gasteiger partial charge in [-0.05, 0) is 12.8 Å². The maximum atomic E-state index is 11.5. The second-order valence-electron chi connectivity index (χ2n) is 3.27. The van der Waals surface area contributed by atoms with E-state index in [1.807, 2.05) is 0 Å². The first-order valence-corrected chi connectivity index (χ1v) is 5.89. The van der Waals surface area contributed by atoms with Crippen LogP contribution in [0.3, 0.4) is 0 Å². The summed E-state index contributed by atoms with van der Waals surface area (Å²) in [4.78, 5) is 19.1. The van der Waals surface area contributed by atoms with E-state index in [1.165, 1.54) is 11.3 Å². The Balaban J connectivity index is 2.25. The first-order chi connectivity index (χ1) is 8.09. The molecular weight excluding hydrogens is 242 g/mol. The van der Waals surface area contributed by atoms with Crippen LogP contribution < -0.4 is 21.9 Å². The highest BCUT2D eigenvalue weighted by Crippen LogP contribution is 2.14. The summed E-state index contributed by atoms with van der Waals surface area (Å²) in [5.41, 5.74) is 16.0. The molecule has 1 atom stereocenters. The van der Waals surface area contributed by atoms with Crippen molar-refractivity contribution in [3.05, 3.63) is 11.6 Å². The number of hydrogen-bond donors (Lipinski definition) is 3. The molecule has 1 heterocycles. The SMILES string of the molecule is NC(N)=NCCC[C@H](N)C(=O)Oc1nccs1. The Morgan fingerprint density at radius 1 is 1.59 bits per heavy atom. The van der Waals surface area contributed by atoms with E-state index in [-0.39, 0.29) is 5.96 Å². The molecule has 7 nitrogen and oxygen atoms in total. The molecule has 0 aliphatic rings. The van der Waals surface area contributed by atoms with Gasteiger partial charge in [0.2, 0.25) is 0 Å². The fourth-order valence-electron chi connectivity index (χ4n) is 1.06. The van der Waals surface area contributed by atoms with Gasteiger partial charge in [-0.2, -0.15) is 0 Å². The lowest BCUT2D eigenvalue weighted by atomic mass is 10.2. The van der Waals surface area contributed by atoms with E-state index in [9.17, 15) is 4.79 Å². The number of esters is 1. The third-order valence-electron chi connectivity index (χ3n) is 1.87. The lowest BCUT2D eigenvalue weighted by Gasteiger charge is -2.08. The summed E-state index contributed by atoms with van der Waals surface area (Å²) in [6, 6.07) is -0.687. The Kier molecular flexibility index (Phi) is 5.37. The number of aliphatic imine (C=N–C) groups is 1. The van der Waals surface area contributed by atoms with Crippen LogP contribution in [0.2, 0.25) is 0 Å². The Bertz CT molecular complexity index is 375. The van der Waals surface area contributed by atoms with Crippen molar-refractivity contribution in [2.75, 3.05) is 6.54 Å². The molecule has 0 radical (unpaired) electrons. The van der Waals surface area contributed by atoms with Gasteiger partial charge in [-0.15, -0.1) is 0 Å². The predicted molar refractivity (Wildman–Crippen MR) is 65.6 cm³/mol. The minimum Gasteiger partial charge on any atom is -0.397 e. The number of aromatic nitrogens is 1. The molecule has 0 saturated carbocycles. The Morgan fingerprint density at radius 3 is 2.94 bits per heavy atom. The maximum Gasteiger partial charge on any atom is 0.330 e. The summed E-state index contributed by atoms with van der Waals surface area (Å²) in [7, 11) is 0. The Morgan fingerprint density at radius 2 is 2.35 bits per heavy atom. The summed E-state index contributed by atoms with van der Waals surface area (Å²) in [5.74, 6) is -0.464. The highest BCUT2D eigenvalue weighted by Gasteiger charge is 2.16. The molecule has 0 amide bonds. The largest absolute Gasteiger partial charge is 0.397 e. The van der Waals surface area contributed by atoms with Gasteiger partial charge in [-0.3, -0.25) is 4.99 Å². The van der Waals surface area contributed by atoms with Crippen molar-refractivity contribution in [3.8, 4) is 5.19 Å². The van der Waals surface area contributed by atoms with E-state index in [1.54, 1.807) is 11.6 Å². The van der Waals surface area contributed by atoms with Crippen LogP contribution in [0.5, 0.6) is 5.19 Å². The minimum atomic E-state index is -0.687. The third kappa shape index (κ3) is 5.27. The quantitative estimate of drug-likeness (QED) is 0.271. The first-order valence-electron chi connectivity index (χ1n) is 5.01. The van der Waals surface area contributed by atoms with Gasteiger partial charge in [0.1, 0.15) is 6.04 Å². The Labute approximate surface area is 103 Å². The van der Waals surface area contributed by atoms with Crippen LogP contribution in [0.25, 0.3) is 0 Å². The monoisotopic (exact) mass is 257 g/mol. The van der Waals surface area contributed by atoms with Crippen LogP contribution >= 0.6 is 11.3 Å². The maximum absolute atomic E-state index is 11.5. The molecule has 8 heteroatoms. The van der Waals surface area contributed by atoms with Crippen molar-refractivity contribution in [1.29, 1.82) is 0 Å². The summed E-state index contributed by atoms with van der Waals surface area (Å²) in [6.45, 7) is 0.445. The highest BCUT2D eigenvalue weighted by molar-refractivity contribution is 7.11. The molecule has 94 valence electrons. The van der Waals surface area contributed by atoms with Gasteiger partial charge in [0.25, 0.3) is 5.19 Å². The zero-order valence-electron chi connectivity index (χ0n) is 9.20. The smallest absolute Gasteiger partial charge is 0.330 e. The number of ether oxygens (including phenoxy) is 1. The lowest BCUT2D eigenvalue weighted by molar-refractivity contribution is -0.136. The first kappa shape index (κ1) is 13.4. The molecule has 0 fully saturated rings. The van der Waals surface area contributed by atoms with Gasteiger partial charge in [0, 0.05) is 18.1 Å².